The Hall–Kier alpha value is -2.50. The van der Waals surface area contributed by atoms with Gasteiger partial charge in [0.25, 0.3) is 0 Å². The number of allylic oxidation sites excluding steroid dienone is 5. The van der Waals surface area contributed by atoms with Gasteiger partial charge >= 0.3 is 0 Å². The average molecular weight is 422 g/mol. The lowest BCUT2D eigenvalue weighted by molar-refractivity contribution is 1.17. The Morgan fingerprint density at radius 1 is 1.03 bits per heavy atom. The largest absolute Gasteiger partial charge is 0.388 e. The lowest BCUT2D eigenvalue weighted by Crippen LogP contribution is -2.09. The Labute approximate surface area is 182 Å². The smallest absolute Gasteiger partial charge is 0.0798 e. The Morgan fingerprint density at radius 3 is 2.52 bits per heavy atom. The molecule has 1 aliphatic rings. The van der Waals surface area contributed by atoms with Crippen molar-refractivity contribution in [3.8, 4) is 0 Å². The molecule has 5 heteroatoms. The van der Waals surface area contributed by atoms with Crippen molar-refractivity contribution in [3.05, 3.63) is 88.9 Å². The monoisotopic (exact) mass is 421 g/mol. The molecule has 2 aromatic carbocycles. The Balaban J connectivity index is 1.58. The van der Waals surface area contributed by atoms with Gasteiger partial charge < -0.3 is 15.5 Å². The minimum absolute atomic E-state index is 1.01. The second-order valence-corrected chi connectivity index (χ2v) is 8.87. The molecule has 0 radical (unpaired) electrons. The molecule has 1 heterocycles. The van der Waals surface area contributed by atoms with Crippen molar-refractivity contribution in [1.82, 2.24) is 0 Å². The van der Waals surface area contributed by atoms with Crippen LogP contribution < -0.4 is 15.5 Å². The molecule has 0 fully saturated rings. The molecule has 0 amide bonds. The first-order valence-electron chi connectivity index (χ1n) is 9.45. The van der Waals surface area contributed by atoms with Crippen LogP contribution in [0.15, 0.2) is 93.1 Å². The fourth-order valence-electron chi connectivity index (χ4n) is 2.88. The van der Waals surface area contributed by atoms with Gasteiger partial charge in [0, 0.05) is 47.2 Å². The minimum Gasteiger partial charge on any atom is -0.388 e. The Kier molecular flexibility index (Phi) is 7.18. The molecular weight excluding hydrogens is 394 g/mol. The van der Waals surface area contributed by atoms with Crippen LogP contribution in [0.1, 0.15) is 5.56 Å². The van der Waals surface area contributed by atoms with E-state index < -0.39 is 0 Å². The highest BCUT2D eigenvalue weighted by Crippen LogP contribution is 2.46. The highest BCUT2D eigenvalue weighted by Gasteiger charge is 2.21. The highest BCUT2D eigenvalue weighted by molar-refractivity contribution is 8.03. The summed E-state index contributed by atoms with van der Waals surface area (Å²) in [6.45, 7) is 6.29. The molecule has 3 nitrogen and oxygen atoms in total. The van der Waals surface area contributed by atoms with Crippen molar-refractivity contribution < 1.29 is 0 Å². The number of anilines is 3. The van der Waals surface area contributed by atoms with Gasteiger partial charge in [0.2, 0.25) is 0 Å². The summed E-state index contributed by atoms with van der Waals surface area (Å²) < 4.78 is 0. The van der Waals surface area contributed by atoms with Crippen LogP contribution in [0, 0.1) is 6.92 Å². The SMILES string of the molecule is C=C(/C=C/C=C/C=C1\Sc2cc(NC)ccc2N1C)Sc1cc(NC)ccc1C. The van der Waals surface area contributed by atoms with Crippen LogP contribution in [0.4, 0.5) is 17.1 Å². The van der Waals surface area contributed by atoms with Crippen molar-refractivity contribution in [3.63, 3.8) is 0 Å². The lowest BCUT2D eigenvalue weighted by atomic mass is 10.2. The summed E-state index contributed by atoms with van der Waals surface area (Å²) >= 11 is 3.48. The molecule has 3 rings (SSSR count). The number of nitrogens with one attached hydrogen (secondary N) is 2. The number of rotatable bonds is 7. The summed E-state index contributed by atoms with van der Waals surface area (Å²) in [5.74, 6) is 0. The first-order chi connectivity index (χ1) is 14.0. The molecule has 0 atom stereocenters. The predicted octanol–water partition coefficient (Wildman–Crippen LogP) is 6.88. The highest BCUT2D eigenvalue weighted by atomic mass is 32.2. The number of thioether (sulfide) groups is 2. The molecule has 1 aliphatic heterocycles. The number of hydrogen-bond acceptors (Lipinski definition) is 5. The van der Waals surface area contributed by atoms with Crippen LogP contribution in [-0.4, -0.2) is 21.1 Å². The van der Waals surface area contributed by atoms with Crippen LogP contribution in [0.25, 0.3) is 0 Å². The van der Waals surface area contributed by atoms with E-state index in [1.807, 2.05) is 32.3 Å². The zero-order valence-electron chi connectivity index (χ0n) is 17.3. The average Bonchev–Trinajstić information content (AvgIpc) is 3.04. The molecule has 2 aromatic rings. The van der Waals surface area contributed by atoms with Gasteiger partial charge in [-0.2, -0.15) is 0 Å². The summed E-state index contributed by atoms with van der Waals surface area (Å²) in [6, 6.07) is 12.8. The molecule has 0 unspecified atom stereocenters. The lowest BCUT2D eigenvalue weighted by Gasteiger charge is -2.13. The van der Waals surface area contributed by atoms with Crippen LogP contribution >= 0.6 is 23.5 Å². The molecular formula is C24H27N3S2. The number of hydrogen-bond donors (Lipinski definition) is 2. The summed E-state index contributed by atoms with van der Waals surface area (Å²) in [6.07, 6.45) is 10.3. The van der Waals surface area contributed by atoms with E-state index in [0.717, 1.165) is 16.3 Å². The fraction of sp³-hybridized carbons (Fsp3) is 0.167. The summed E-state index contributed by atoms with van der Waals surface area (Å²) in [5.41, 5.74) is 4.75. The molecule has 0 aromatic heterocycles. The summed E-state index contributed by atoms with van der Waals surface area (Å²) in [5, 5.41) is 7.59. The van der Waals surface area contributed by atoms with Crippen molar-refractivity contribution in [2.75, 3.05) is 36.7 Å². The Bertz CT molecular complexity index is 990. The molecule has 0 aliphatic carbocycles. The molecule has 0 bridgehead atoms. The number of benzene rings is 2. The van der Waals surface area contributed by atoms with Gasteiger partial charge in [-0.25, -0.2) is 0 Å². The zero-order valence-corrected chi connectivity index (χ0v) is 19.0. The molecule has 0 saturated carbocycles. The van der Waals surface area contributed by atoms with Gasteiger partial charge in [0.1, 0.15) is 0 Å². The third-order valence-corrected chi connectivity index (χ3v) is 6.84. The predicted molar refractivity (Wildman–Crippen MR) is 132 cm³/mol. The van der Waals surface area contributed by atoms with E-state index in [4.69, 9.17) is 0 Å². The minimum atomic E-state index is 1.01. The van der Waals surface area contributed by atoms with Gasteiger partial charge in [-0.1, -0.05) is 54.4 Å². The standard InChI is InChI=1S/C24H27N3S2/c1-17-11-12-19(25-3)15-22(17)28-18(2)9-7-6-8-10-24-27(5)21-14-13-20(26-4)16-23(21)29-24/h6-16,25-26H,2H2,1,3-5H3/b8-6+,9-7+,24-10-. The van der Waals surface area contributed by atoms with E-state index in [9.17, 15) is 0 Å². The molecule has 29 heavy (non-hydrogen) atoms. The van der Waals surface area contributed by atoms with E-state index in [1.54, 1.807) is 23.5 Å². The third kappa shape index (κ3) is 5.31. The molecule has 0 spiro atoms. The van der Waals surface area contributed by atoms with E-state index in [0.29, 0.717) is 0 Å². The van der Waals surface area contributed by atoms with Gasteiger partial charge in [0.05, 0.1) is 10.7 Å². The van der Waals surface area contributed by atoms with Gasteiger partial charge in [0.15, 0.2) is 0 Å². The maximum absolute atomic E-state index is 4.17. The fourth-order valence-corrected chi connectivity index (χ4v) is 4.83. The van der Waals surface area contributed by atoms with Crippen molar-refractivity contribution in [2.24, 2.45) is 0 Å². The normalized spacial score (nSPS) is 14.8. The first-order valence-corrected chi connectivity index (χ1v) is 11.1. The van der Waals surface area contributed by atoms with E-state index >= 15 is 0 Å². The number of nitrogens with zero attached hydrogens (tertiary/aromatic N) is 1. The zero-order chi connectivity index (χ0) is 20.8. The number of aryl methyl sites for hydroxylation is 1. The number of fused-ring (bicyclic) bond motifs is 1. The van der Waals surface area contributed by atoms with Gasteiger partial charge in [-0.05, 0) is 55.0 Å². The van der Waals surface area contributed by atoms with E-state index in [2.05, 4.69) is 84.6 Å². The van der Waals surface area contributed by atoms with Gasteiger partial charge in [-0.3, -0.25) is 0 Å². The maximum atomic E-state index is 4.17. The molecule has 0 saturated heterocycles. The maximum Gasteiger partial charge on any atom is 0.0798 e. The van der Waals surface area contributed by atoms with Gasteiger partial charge in [-0.15, -0.1) is 0 Å². The van der Waals surface area contributed by atoms with Crippen LogP contribution in [-0.2, 0) is 0 Å². The van der Waals surface area contributed by atoms with Crippen LogP contribution in [0.3, 0.4) is 0 Å². The molecule has 2 N–H and O–H groups in total. The van der Waals surface area contributed by atoms with Crippen LogP contribution in [0.5, 0.6) is 0 Å². The third-order valence-electron chi connectivity index (χ3n) is 4.62. The second kappa shape index (κ2) is 9.81. The summed E-state index contributed by atoms with van der Waals surface area (Å²) in [4.78, 5) is 5.73. The second-order valence-electron chi connectivity index (χ2n) is 6.64. The molecule has 150 valence electrons. The van der Waals surface area contributed by atoms with Crippen molar-refractivity contribution in [2.45, 2.75) is 16.7 Å². The van der Waals surface area contributed by atoms with Crippen molar-refractivity contribution >= 4 is 40.6 Å². The first kappa shape index (κ1) is 21.2. The van der Waals surface area contributed by atoms with E-state index in [-0.39, 0.29) is 0 Å². The summed E-state index contributed by atoms with van der Waals surface area (Å²) in [7, 11) is 5.99. The van der Waals surface area contributed by atoms with E-state index in [1.165, 1.54) is 26.1 Å². The Morgan fingerprint density at radius 2 is 1.76 bits per heavy atom. The quantitative estimate of drug-likeness (QED) is 0.375. The van der Waals surface area contributed by atoms with Crippen molar-refractivity contribution in [1.29, 1.82) is 0 Å². The van der Waals surface area contributed by atoms with Crippen LogP contribution in [0.2, 0.25) is 0 Å². The topological polar surface area (TPSA) is 27.3 Å².